The molecule has 242 valence electrons. The molecule has 8 heteroatoms. The number of methoxy groups -OCH3 is 2. The van der Waals surface area contributed by atoms with Gasteiger partial charge in [0.15, 0.2) is 0 Å². The zero-order chi connectivity index (χ0) is 33.3. The molecule has 8 nitrogen and oxygen atoms in total. The third-order valence-electron chi connectivity index (χ3n) is 11.1. The summed E-state index contributed by atoms with van der Waals surface area (Å²) in [7, 11) is 3.17. The molecular weight excluding hydrogens is 590 g/mol. The Bertz CT molecular complexity index is 1860. The lowest BCUT2D eigenvalue weighted by Gasteiger charge is -2.40. The van der Waals surface area contributed by atoms with Gasteiger partial charge in [0.1, 0.15) is 17.6 Å². The van der Waals surface area contributed by atoms with E-state index in [1.807, 2.05) is 36.4 Å². The highest BCUT2D eigenvalue weighted by Gasteiger charge is 2.68. The van der Waals surface area contributed by atoms with Crippen molar-refractivity contribution in [1.29, 1.82) is 0 Å². The lowest BCUT2D eigenvalue weighted by Crippen LogP contribution is -2.44. The molecule has 0 heterocycles. The first kappa shape index (κ1) is 32.0. The van der Waals surface area contributed by atoms with Crippen molar-refractivity contribution in [3.05, 3.63) is 108 Å². The van der Waals surface area contributed by atoms with E-state index in [1.54, 1.807) is 38.5 Å². The number of hydrogen-bond donors (Lipinski definition) is 0. The highest BCUT2D eigenvalue weighted by molar-refractivity contribution is 6.64. The van der Waals surface area contributed by atoms with Gasteiger partial charge in [0.25, 0.3) is 0 Å². The second-order valence-corrected chi connectivity index (χ2v) is 13.4. The SMILES string of the molecule is COc1ccc(N(CCc2cccc(OC)c2)C(=O)C(=[N+]=[N-])C(=O)O[C@H]2[C@@H](c3cccc4ccccc34)[C@]3(C)CC[C@@H]2C3(C)C)cc1. The van der Waals surface area contributed by atoms with E-state index in [0.717, 1.165) is 34.7 Å². The molecule has 4 atom stereocenters. The van der Waals surface area contributed by atoms with E-state index in [1.165, 1.54) is 4.90 Å². The van der Waals surface area contributed by atoms with Gasteiger partial charge < -0.3 is 24.6 Å². The maximum atomic E-state index is 14.1. The van der Waals surface area contributed by atoms with Gasteiger partial charge in [-0.1, -0.05) is 75.4 Å². The summed E-state index contributed by atoms with van der Waals surface area (Å²) >= 11 is 0. The molecule has 0 saturated heterocycles. The van der Waals surface area contributed by atoms with Gasteiger partial charge in [-0.15, -0.1) is 0 Å². The van der Waals surface area contributed by atoms with E-state index < -0.39 is 23.7 Å². The first-order valence-corrected chi connectivity index (χ1v) is 16.1. The zero-order valence-corrected chi connectivity index (χ0v) is 27.6. The van der Waals surface area contributed by atoms with Crippen LogP contribution in [0.5, 0.6) is 11.5 Å². The Morgan fingerprint density at radius 1 is 0.894 bits per heavy atom. The Kier molecular flexibility index (Phi) is 8.64. The number of hydrogen-bond acceptors (Lipinski definition) is 5. The van der Waals surface area contributed by atoms with Crippen molar-refractivity contribution >= 4 is 34.0 Å². The highest BCUT2D eigenvalue weighted by atomic mass is 16.5. The average Bonchev–Trinajstić information content (AvgIpc) is 3.41. The minimum absolute atomic E-state index is 0.0706. The smallest absolute Gasteiger partial charge is 0.463 e. The number of benzene rings is 4. The quantitative estimate of drug-likeness (QED) is 0.0603. The molecule has 2 fully saturated rings. The topological polar surface area (TPSA) is 101 Å². The molecule has 0 unspecified atom stereocenters. The van der Waals surface area contributed by atoms with Crippen molar-refractivity contribution in [3.63, 3.8) is 0 Å². The Balaban J connectivity index is 1.32. The van der Waals surface area contributed by atoms with E-state index in [-0.39, 0.29) is 29.2 Å². The van der Waals surface area contributed by atoms with E-state index in [2.05, 4.69) is 55.9 Å². The lowest BCUT2D eigenvalue weighted by atomic mass is 9.64. The zero-order valence-electron chi connectivity index (χ0n) is 27.6. The largest absolute Gasteiger partial charge is 0.497 e. The van der Waals surface area contributed by atoms with Gasteiger partial charge in [-0.3, -0.25) is 4.79 Å². The fourth-order valence-corrected chi connectivity index (χ4v) is 8.14. The van der Waals surface area contributed by atoms with Gasteiger partial charge in [-0.2, -0.15) is 4.79 Å². The van der Waals surface area contributed by atoms with Gasteiger partial charge in [0.05, 0.1) is 14.2 Å². The van der Waals surface area contributed by atoms with Crippen LogP contribution in [0.25, 0.3) is 16.3 Å². The third-order valence-corrected chi connectivity index (χ3v) is 11.1. The number of nitrogens with zero attached hydrogens (tertiary/aromatic N) is 3. The molecular formula is C39H41N3O5. The van der Waals surface area contributed by atoms with Crippen LogP contribution in [0.15, 0.2) is 91.0 Å². The lowest BCUT2D eigenvalue weighted by molar-refractivity contribution is -0.151. The van der Waals surface area contributed by atoms with Crippen molar-refractivity contribution in [2.24, 2.45) is 16.7 Å². The molecule has 2 saturated carbocycles. The van der Waals surface area contributed by atoms with Crippen molar-refractivity contribution < 1.29 is 28.6 Å². The maximum absolute atomic E-state index is 14.1. The van der Waals surface area contributed by atoms with Crippen LogP contribution in [-0.2, 0) is 20.7 Å². The molecule has 2 bridgehead atoms. The van der Waals surface area contributed by atoms with Crippen LogP contribution in [0.4, 0.5) is 5.69 Å². The summed E-state index contributed by atoms with van der Waals surface area (Å²) in [5.74, 6) is -0.390. The van der Waals surface area contributed by atoms with Crippen LogP contribution in [0, 0.1) is 16.7 Å². The summed E-state index contributed by atoms with van der Waals surface area (Å²) in [6, 6.07) is 29.1. The molecule has 0 spiro atoms. The summed E-state index contributed by atoms with van der Waals surface area (Å²) in [4.78, 5) is 32.8. The van der Waals surface area contributed by atoms with Gasteiger partial charge in [-0.25, -0.2) is 4.79 Å². The molecule has 0 aliphatic heterocycles. The number of rotatable bonds is 10. The second kappa shape index (κ2) is 12.7. The standard InChI is InChI=1S/C39H41N3O5/c1-38(2)32-20-22-39(38,3)33(31-15-9-12-26-11-6-7-14-30(26)31)35(32)47-37(44)34(41-40)36(43)42(27-16-18-28(45-4)19-17-27)23-21-25-10-8-13-29(24-25)46-5/h6-19,24,32-33,35H,20-23H2,1-5H3/t32-,33+,35+,39-/m0/s1. The Hall–Kier alpha value is -4.94. The molecule has 0 aromatic heterocycles. The van der Waals surface area contributed by atoms with E-state index >= 15 is 0 Å². The van der Waals surface area contributed by atoms with Gasteiger partial charge in [-0.05, 0) is 88.4 Å². The molecule has 1 amide bonds. The predicted molar refractivity (Wildman–Crippen MR) is 182 cm³/mol. The van der Waals surface area contributed by atoms with Crippen molar-refractivity contribution in [3.8, 4) is 11.5 Å². The monoisotopic (exact) mass is 631 g/mol. The fourth-order valence-electron chi connectivity index (χ4n) is 8.14. The Labute approximate surface area is 275 Å². The van der Waals surface area contributed by atoms with Crippen LogP contribution in [-0.4, -0.2) is 49.2 Å². The van der Waals surface area contributed by atoms with Gasteiger partial charge >= 0.3 is 17.6 Å². The number of amides is 1. The molecule has 6 rings (SSSR count). The summed E-state index contributed by atoms with van der Waals surface area (Å²) in [5, 5.41) is 2.25. The predicted octanol–water partition coefficient (Wildman–Crippen LogP) is 7.26. The number of anilines is 1. The van der Waals surface area contributed by atoms with E-state index in [0.29, 0.717) is 23.6 Å². The normalized spacial score (nSPS) is 22.4. The maximum Gasteiger partial charge on any atom is 0.463 e. The van der Waals surface area contributed by atoms with Crippen LogP contribution in [0.3, 0.4) is 0 Å². The first-order valence-electron chi connectivity index (χ1n) is 16.1. The highest BCUT2D eigenvalue weighted by Crippen LogP contribution is 2.72. The van der Waals surface area contributed by atoms with Crippen LogP contribution >= 0.6 is 0 Å². The van der Waals surface area contributed by atoms with Crippen molar-refractivity contribution in [1.82, 2.24) is 0 Å². The molecule has 47 heavy (non-hydrogen) atoms. The third kappa shape index (κ3) is 5.57. The van der Waals surface area contributed by atoms with Gasteiger partial charge in [0.2, 0.25) is 0 Å². The summed E-state index contributed by atoms with van der Waals surface area (Å²) in [5.41, 5.74) is 11.8. The number of ether oxygens (including phenoxy) is 3. The van der Waals surface area contributed by atoms with Gasteiger partial charge in [0, 0.05) is 24.1 Å². The molecule has 0 radical (unpaired) electrons. The minimum Gasteiger partial charge on any atom is -0.497 e. The number of fused-ring (bicyclic) bond motifs is 3. The molecule has 2 aliphatic rings. The number of esters is 1. The van der Waals surface area contributed by atoms with Crippen LogP contribution < -0.4 is 14.4 Å². The number of carbonyl (C=O) groups is 2. The summed E-state index contributed by atoms with van der Waals surface area (Å²) in [6.07, 6.45) is 1.86. The van der Waals surface area contributed by atoms with E-state index in [4.69, 9.17) is 14.2 Å². The summed E-state index contributed by atoms with van der Waals surface area (Å²) in [6.45, 7) is 7.02. The Morgan fingerprint density at radius 2 is 1.60 bits per heavy atom. The molecule has 2 aliphatic carbocycles. The Morgan fingerprint density at radius 3 is 2.32 bits per heavy atom. The fraction of sp³-hybridized carbons (Fsp3) is 0.359. The first-order chi connectivity index (χ1) is 22.6. The van der Waals surface area contributed by atoms with Crippen LogP contribution in [0.1, 0.15) is 50.7 Å². The number of carbonyl (C=O) groups excluding carboxylic acids is 2. The summed E-state index contributed by atoms with van der Waals surface area (Å²) < 4.78 is 17.0. The second-order valence-electron chi connectivity index (χ2n) is 13.4. The van der Waals surface area contributed by atoms with Crippen LogP contribution in [0.2, 0.25) is 0 Å². The van der Waals surface area contributed by atoms with Crippen molar-refractivity contribution in [2.45, 2.75) is 52.1 Å². The molecule has 4 aromatic rings. The van der Waals surface area contributed by atoms with E-state index in [9.17, 15) is 15.1 Å². The average molecular weight is 632 g/mol. The molecule has 4 aromatic carbocycles. The molecule has 0 N–H and O–H groups in total. The minimum atomic E-state index is -0.931. The van der Waals surface area contributed by atoms with Crippen molar-refractivity contribution in [2.75, 3.05) is 25.7 Å².